The minimum atomic E-state index is -4.42. The largest absolute Gasteiger partial charge is 0.497 e. The van der Waals surface area contributed by atoms with E-state index in [0.29, 0.717) is 12.3 Å². The number of tetrazole rings is 1. The van der Waals surface area contributed by atoms with Crippen molar-refractivity contribution in [1.82, 2.24) is 20.2 Å². The van der Waals surface area contributed by atoms with Crippen molar-refractivity contribution in [1.29, 1.82) is 0 Å². The van der Waals surface area contributed by atoms with E-state index in [1.54, 1.807) is 31.4 Å². The minimum absolute atomic E-state index is 0.126. The van der Waals surface area contributed by atoms with Crippen LogP contribution < -0.4 is 9.47 Å². The van der Waals surface area contributed by atoms with Gasteiger partial charge in [-0.05, 0) is 41.6 Å². The minimum Gasteiger partial charge on any atom is -0.497 e. The summed E-state index contributed by atoms with van der Waals surface area (Å²) in [6, 6.07) is 11.9. The van der Waals surface area contributed by atoms with Crippen LogP contribution in [0.15, 0.2) is 48.5 Å². The summed E-state index contributed by atoms with van der Waals surface area (Å²) in [6.07, 6.45) is -4.42. The van der Waals surface area contributed by atoms with Crippen molar-refractivity contribution >= 4 is 0 Å². The molecular weight excluding hydrogens is 349 g/mol. The summed E-state index contributed by atoms with van der Waals surface area (Å²) in [5, 5.41) is 11.7. The van der Waals surface area contributed by atoms with Gasteiger partial charge < -0.3 is 9.47 Å². The number of hydrogen-bond donors (Lipinski definition) is 0. The van der Waals surface area contributed by atoms with E-state index < -0.39 is 11.7 Å². The molecule has 0 fully saturated rings. The van der Waals surface area contributed by atoms with E-state index >= 15 is 0 Å². The summed E-state index contributed by atoms with van der Waals surface area (Å²) in [5.74, 6) is 1.51. The fraction of sp³-hybridized carbons (Fsp3) is 0.235. The molecule has 1 heterocycles. The van der Waals surface area contributed by atoms with Crippen molar-refractivity contribution in [3.05, 3.63) is 54.1 Å². The van der Waals surface area contributed by atoms with Crippen LogP contribution in [0.1, 0.15) is 5.56 Å². The third-order valence-electron chi connectivity index (χ3n) is 3.52. The lowest BCUT2D eigenvalue weighted by Gasteiger charge is -2.07. The molecular formula is C17H15F3N4O2. The average Bonchev–Trinajstić information content (AvgIpc) is 3.11. The second kappa shape index (κ2) is 7.42. The van der Waals surface area contributed by atoms with Crippen LogP contribution in [0.4, 0.5) is 13.2 Å². The molecule has 6 nitrogen and oxygen atoms in total. The molecule has 136 valence electrons. The zero-order chi connectivity index (χ0) is 18.6. The molecule has 0 saturated heterocycles. The SMILES string of the molecule is COc1ccc(OCCn2nnc(-c3cccc(C(F)(F)F)c3)n2)cc1. The summed E-state index contributed by atoms with van der Waals surface area (Å²) in [6.45, 7) is 0.586. The number of nitrogens with zero attached hydrogens (tertiary/aromatic N) is 4. The van der Waals surface area contributed by atoms with E-state index in [1.165, 1.54) is 16.9 Å². The number of hydrogen-bond acceptors (Lipinski definition) is 5. The van der Waals surface area contributed by atoms with Crippen LogP contribution in [0.2, 0.25) is 0 Å². The van der Waals surface area contributed by atoms with E-state index in [2.05, 4.69) is 15.4 Å². The molecule has 2 aromatic carbocycles. The molecule has 0 aliphatic heterocycles. The summed E-state index contributed by atoms with van der Waals surface area (Å²) in [7, 11) is 1.58. The van der Waals surface area contributed by atoms with Crippen LogP contribution in [-0.2, 0) is 12.7 Å². The maximum absolute atomic E-state index is 12.8. The number of ether oxygens (including phenoxy) is 2. The second-order valence-corrected chi connectivity index (χ2v) is 5.31. The number of benzene rings is 2. The molecule has 9 heteroatoms. The molecule has 26 heavy (non-hydrogen) atoms. The highest BCUT2D eigenvalue weighted by Crippen LogP contribution is 2.31. The Morgan fingerprint density at radius 3 is 2.46 bits per heavy atom. The van der Waals surface area contributed by atoms with Crippen LogP contribution in [-0.4, -0.2) is 33.9 Å². The molecule has 0 radical (unpaired) electrons. The number of methoxy groups -OCH3 is 1. The Kier molecular flexibility index (Phi) is 5.06. The molecule has 0 unspecified atom stereocenters. The van der Waals surface area contributed by atoms with Crippen molar-refractivity contribution < 1.29 is 22.6 Å². The van der Waals surface area contributed by atoms with Crippen LogP contribution in [0.3, 0.4) is 0 Å². The summed E-state index contributed by atoms with van der Waals surface area (Å²) < 4.78 is 48.9. The Morgan fingerprint density at radius 2 is 1.77 bits per heavy atom. The van der Waals surface area contributed by atoms with Gasteiger partial charge in [0.25, 0.3) is 0 Å². The van der Waals surface area contributed by atoms with Crippen molar-refractivity contribution in [3.63, 3.8) is 0 Å². The predicted molar refractivity (Wildman–Crippen MR) is 86.7 cm³/mol. The van der Waals surface area contributed by atoms with Gasteiger partial charge in [0.15, 0.2) is 0 Å². The molecule has 0 aliphatic carbocycles. The predicted octanol–water partition coefficient (Wildman–Crippen LogP) is 3.45. The Morgan fingerprint density at radius 1 is 1.04 bits per heavy atom. The van der Waals surface area contributed by atoms with Gasteiger partial charge in [0.1, 0.15) is 18.1 Å². The quantitative estimate of drug-likeness (QED) is 0.670. The first-order valence-electron chi connectivity index (χ1n) is 7.68. The molecule has 1 aromatic heterocycles. The average molecular weight is 364 g/mol. The van der Waals surface area contributed by atoms with Gasteiger partial charge in [-0.1, -0.05) is 12.1 Å². The smallest absolute Gasteiger partial charge is 0.416 e. The van der Waals surface area contributed by atoms with Crippen molar-refractivity contribution in [2.45, 2.75) is 12.7 Å². The summed E-state index contributed by atoms with van der Waals surface area (Å²) in [5.41, 5.74) is -0.503. The van der Waals surface area contributed by atoms with Gasteiger partial charge in [0.2, 0.25) is 5.82 Å². The lowest BCUT2D eigenvalue weighted by molar-refractivity contribution is -0.137. The number of halogens is 3. The monoisotopic (exact) mass is 364 g/mol. The van der Waals surface area contributed by atoms with E-state index in [-0.39, 0.29) is 18.0 Å². The first kappa shape index (κ1) is 17.7. The van der Waals surface area contributed by atoms with E-state index in [0.717, 1.165) is 17.9 Å². The van der Waals surface area contributed by atoms with Gasteiger partial charge in [-0.15, -0.1) is 10.2 Å². The zero-order valence-corrected chi connectivity index (χ0v) is 13.8. The molecule has 0 N–H and O–H groups in total. The molecule has 0 saturated carbocycles. The topological polar surface area (TPSA) is 62.1 Å². The zero-order valence-electron chi connectivity index (χ0n) is 13.8. The molecule has 0 spiro atoms. The Balaban J connectivity index is 1.61. The van der Waals surface area contributed by atoms with E-state index in [9.17, 15) is 13.2 Å². The molecule has 0 aliphatic rings. The van der Waals surface area contributed by atoms with Gasteiger partial charge in [0, 0.05) is 5.56 Å². The van der Waals surface area contributed by atoms with Crippen molar-refractivity contribution in [3.8, 4) is 22.9 Å². The fourth-order valence-corrected chi connectivity index (χ4v) is 2.21. The summed E-state index contributed by atoms with van der Waals surface area (Å²) >= 11 is 0. The lowest BCUT2D eigenvalue weighted by Crippen LogP contribution is -2.11. The Labute approximate surface area is 147 Å². The van der Waals surface area contributed by atoms with Crippen molar-refractivity contribution in [2.75, 3.05) is 13.7 Å². The first-order chi connectivity index (χ1) is 12.5. The summed E-state index contributed by atoms with van der Waals surface area (Å²) in [4.78, 5) is 1.28. The van der Waals surface area contributed by atoms with Crippen molar-refractivity contribution in [2.24, 2.45) is 0 Å². The van der Waals surface area contributed by atoms with Gasteiger partial charge in [-0.25, -0.2) is 0 Å². The molecule has 3 rings (SSSR count). The van der Waals surface area contributed by atoms with Crippen LogP contribution >= 0.6 is 0 Å². The maximum Gasteiger partial charge on any atom is 0.416 e. The highest BCUT2D eigenvalue weighted by Gasteiger charge is 2.30. The third kappa shape index (κ3) is 4.29. The number of alkyl halides is 3. The highest BCUT2D eigenvalue weighted by atomic mass is 19.4. The Hall–Kier alpha value is -3.10. The highest BCUT2D eigenvalue weighted by molar-refractivity contribution is 5.55. The van der Waals surface area contributed by atoms with E-state index in [1.807, 2.05) is 0 Å². The van der Waals surface area contributed by atoms with Crippen LogP contribution in [0, 0.1) is 0 Å². The van der Waals surface area contributed by atoms with Crippen LogP contribution in [0.5, 0.6) is 11.5 Å². The maximum atomic E-state index is 12.8. The molecule has 0 bridgehead atoms. The molecule has 0 atom stereocenters. The Bertz CT molecular complexity index is 863. The van der Waals surface area contributed by atoms with Gasteiger partial charge in [-0.2, -0.15) is 18.0 Å². The van der Waals surface area contributed by atoms with E-state index in [4.69, 9.17) is 9.47 Å². The standard InChI is InChI=1S/C17H15F3N4O2/c1-25-14-5-7-15(8-6-14)26-10-9-24-22-16(21-23-24)12-3-2-4-13(11-12)17(18,19)20/h2-8,11H,9-10H2,1H3. The third-order valence-corrected chi connectivity index (χ3v) is 3.52. The fourth-order valence-electron chi connectivity index (χ4n) is 2.21. The number of rotatable bonds is 6. The molecule has 0 amide bonds. The normalized spacial score (nSPS) is 11.4. The van der Waals surface area contributed by atoms with Gasteiger partial charge >= 0.3 is 6.18 Å². The van der Waals surface area contributed by atoms with Crippen LogP contribution in [0.25, 0.3) is 11.4 Å². The molecule has 3 aromatic rings. The number of aromatic nitrogens is 4. The first-order valence-corrected chi connectivity index (χ1v) is 7.68. The van der Waals surface area contributed by atoms with Gasteiger partial charge in [-0.3, -0.25) is 0 Å². The van der Waals surface area contributed by atoms with Gasteiger partial charge in [0.05, 0.1) is 19.2 Å². The second-order valence-electron chi connectivity index (χ2n) is 5.31. The lowest BCUT2D eigenvalue weighted by atomic mass is 10.1.